The van der Waals surface area contributed by atoms with Crippen molar-refractivity contribution in [2.45, 2.75) is 63.7 Å². The van der Waals surface area contributed by atoms with Gasteiger partial charge in [0.15, 0.2) is 5.82 Å². The van der Waals surface area contributed by atoms with Gasteiger partial charge in [-0.1, -0.05) is 0 Å². The average molecular weight is 375 g/mol. The zero-order valence-corrected chi connectivity index (χ0v) is 16.1. The molecule has 1 N–H and O–H groups in total. The Bertz CT molecular complexity index is 637. The predicted molar refractivity (Wildman–Crippen MR) is 102 cm³/mol. The van der Waals surface area contributed by atoms with Crippen LogP contribution in [-0.4, -0.2) is 59.0 Å². The number of hydrogen-bond donors (Lipinski definition) is 1. The molecule has 148 valence electrons. The summed E-state index contributed by atoms with van der Waals surface area (Å²) in [6.45, 7) is 4.44. The van der Waals surface area contributed by atoms with Gasteiger partial charge in [0.2, 0.25) is 0 Å². The Hall–Kier alpha value is -1.92. The third-order valence-corrected chi connectivity index (χ3v) is 6.54. The number of carbonyl (C=O) groups is 1. The molecule has 3 atom stereocenters. The molecule has 0 radical (unpaired) electrons. The van der Waals surface area contributed by atoms with E-state index in [0.29, 0.717) is 31.2 Å². The summed E-state index contributed by atoms with van der Waals surface area (Å²) in [7, 11) is 0. The summed E-state index contributed by atoms with van der Waals surface area (Å²) in [5.74, 6) is 2.03. The first-order valence-electron chi connectivity index (χ1n) is 10.4. The van der Waals surface area contributed by atoms with Gasteiger partial charge < -0.3 is 15.1 Å². The summed E-state index contributed by atoms with van der Waals surface area (Å²) in [5, 5.41) is 11.4. The number of hydrogen-bond acceptors (Lipinski definition) is 4. The SMILES string of the molecule is CCN(C(=O)N[C@H]1C[C@@H]1C1CCC(F)CC1)[C@H]1CCN(c2cccnn2)C1. The van der Waals surface area contributed by atoms with Crippen molar-refractivity contribution < 1.29 is 9.18 Å². The second kappa shape index (κ2) is 7.98. The standard InChI is InChI=1S/C20H30FN5O/c1-2-26(16-9-11-25(13-16)19-4-3-10-22-24-19)20(27)23-18-12-17(18)14-5-7-15(21)8-6-14/h3-4,10,14-18H,2,5-9,11-13H2,1H3,(H,23,27)/t14?,15?,16-,17+,18-/m0/s1. The van der Waals surface area contributed by atoms with Crippen molar-refractivity contribution >= 4 is 11.8 Å². The molecule has 2 saturated carbocycles. The van der Waals surface area contributed by atoms with E-state index in [1.54, 1.807) is 6.20 Å². The summed E-state index contributed by atoms with van der Waals surface area (Å²) in [6, 6.07) is 4.40. The van der Waals surface area contributed by atoms with Crippen molar-refractivity contribution in [1.29, 1.82) is 0 Å². The Balaban J connectivity index is 1.28. The normalized spacial score (nSPS) is 33.0. The zero-order valence-electron chi connectivity index (χ0n) is 16.1. The Morgan fingerprint density at radius 1 is 1.33 bits per heavy atom. The van der Waals surface area contributed by atoms with E-state index in [4.69, 9.17) is 0 Å². The van der Waals surface area contributed by atoms with Gasteiger partial charge in [0.1, 0.15) is 6.17 Å². The van der Waals surface area contributed by atoms with Crippen LogP contribution in [0.4, 0.5) is 15.0 Å². The fourth-order valence-corrected chi connectivity index (χ4v) is 4.88. The van der Waals surface area contributed by atoms with Gasteiger partial charge in [-0.05, 0) is 69.4 Å². The summed E-state index contributed by atoms with van der Waals surface area (Å²) in [6.07, 6.45) is 6.43. The number of urea groups is 1. The minimum absolute atomic E-state index is 0.0511. The maximum absolute atomic E-state index is 13.3. The van der Waals surface area contributed by atoms with Crippen molar-refractivity contribution in [3.63, 3.8) is 0 Å². The molecule has 4 rings (SSSR count). The summed E-state index contributed by atoms with van der Waals surface area (Å²) in [5.41, 5.74) is 0. The molecule has 2 aliphatic carbocycles. The van der Waals surface area contributed by atoms with Crippen LogP contribution >= 0.6 is 0 Å². The van der Waals surface area contributed by atoms with Crippen LogP contribution in [0.1, 0.15) is 45.4 Å². The van der Waals surface area contributed by atoms with Crippen LogP contribution in [0.15, 0.2) is 18.3 Å². The molecule has 0 unspecified atom stereocenters. The quantitative estimate of drug-likeness (QED) is 0.859. The van der Waals surface area contributed by atoms with Crippen LogP contribution in [-0.2, 0) is 0 Å². The van der Waals surface area contributed by atoms with E-state index in [9.17, 15) is 9.18 Å². The van der Waals surface area contributed by atoms with Gasteiger partial charge in [-0.15, -0.1) is 5.10 Å². The monoisotopic (exact) mass is 375 g/mol. The van der Waals surface area contributed by atoms with E-state index in [2.05, 4.69) is 20.4 Å². The average Bonchev–Trinajstić information content (AvgIpc) is 3.27. The minimum Gasteiger partial charge on any atom is -0.353 e. The minimum atomic E-state index is -0.608. The van der Waals surface area contributed by atoms with Crippen LogP contribution in [0.2, 0.25) is 0 Å². The molecule has 3 fully saturated rings. The number of aromatic nitrogens is 2. The highest BCUT2D eigenvalue weighted by Gasteiger charge is 2.45. The molecule has 3 aliphatic rings. The van der Waals surface area contributed by atoms with Crippen LogP contribution in [0, 0.1) is 11.8 Å². The maximum atomic E-state index is 13.3. The molecule has 2 amide bonds. The highest BCUT2D eigenvalue weighted by atomic mass is 19.1. The number of nitrogens with zero attached hydrogens (tertiary/aromatic N) is 4. The van der Waals surface area contributed by atoms with E-state index >= 15 is 0 Å². The van der Waals surface area contributed by atoms with Crippen molar-refractivity contribution in [2.24, 2.45) is 11.8 Å². The third kappa shape index (κ3) is 4.17. The number of amides is 2. The van der Waals surface area contributed by atoms with Gasteiger partial charge in [0, 0.05) is 31.9 Å². The van der Waals surface area contributed by atoms with Crippen molar-refractivity contribution in [2.75, 3.05) is 24.5 Å². The number of carbonyl (C=O) groups excluding carboxylic acids is 1. The number of likely N-dealkylation sites (N-methyl/N-ethyl adjacent to an activating group) is 1. The molecule has 1 aromatic rings. The lowest BCUT2D eigenvalue weighted by Gasteiger charge is -2.29. The lowest BCUT2D eigenvalue weighted by molar-refractivity contribution is 0.176. The third-order valence-electron chi connectivity index (χ3n) is 6.54. The van der Waals surface area contributed by atoms with Crippen molar-refractivity contribution in [1.82, 2.24) is 20.4 Å². The summed E-state index contributed by atoms with van der Waals surface area (Å²) in [4.78, 5) is 17.0. The molecule has 7 heteroatoms. The lowest BCUT2D eigenvalue weighted by atomic mass is 9.84. The number of rotatable bonds is 5. The topological polar surface area (TPSA) is 61.4 Å². The number of anilines is 1. The molecule has 27 heavy (non-hydrogen) atoms. The molecule has 0 bridgehead atoms. The van der Waals surface area contributed by atoms with E-state index in [1.165, 1.54) is 0 Å². The second-order valence-corrected chi connectivity index (χ2v) is 8.22. The molecular weight excluding hydrogens is 345 g/mol. The van der Waals surface area contributed by atoms with Crippen molar-refractivity contribution in [3.05, 3.63) is 18.3 Å². The fraction of sp³-hybridized carbons (Fsp3) is 0.750. The van der Waals surface area contributed by atoms with Crippen LogP contribution in [0.25, 0.3) is 0 Å². The van der Waals surface area contributed by atoms with E-state index in [0.717, 1.165) is 44.6 Å². The molecule has 1 aromatic heterocycles. The molecule has 0 spiro atoms. The lowest BCUT2D eigenvalue weighted by Crippen LogP contribution is -2.48. The highest BCUT2D eigenvalue weighted by Crippen LogP contribution is 2.44. The van der Waals surface area contributed by atoms with Crippen LogP contribution in [0.5, 0.6) is 0 Å². The first kappa shape index (κ1) is 18.4. The Morgan fingerprint density at radius 3 is 2.85 bits per heavy atom. The fourth-order valence-electron chi connectivity index (χ4n) is 4.88. The zero-order chi connectivity index (χ0) is 18.8. The maximum Gasteiger partial charge on any atom is 0.317 e. The largest absolute Gasteiger partial charge is 0.353 e. The summed E-state index contributed by atoms with van der Waals surface area (Å²) >= 11 is 0. The van der Waals surface area contributed by atoms with E-state index in [-0.39, 0.29) is 18.1 Å². The molecule has 2 heterocycles. The number of halogens is 1. The molecule has 1 saturated heterocycles. The van der Waals surface area contributed by atoms with Gasteiger partial charge in [-0.25, -0.2) is 9.18 Å². The molecule has 1 aliphatic heterocycles. The van der Waals surface area contributed by atoms with Gasteiger partial charge in [0.05, 0.1) is 6.04 Å². The smallest absolute Gasteiger partial charge is 0.317 e. The highest BCUT2D eigenvalue weighted by molar-refractivity contribution is 5.75. The number of alkyl halides is 1. The van der Waals surface area contributed by atoms with E-state index < -0.39 is 6.17 Å². The van der Waals surface area contributed by atoms with E-state index in [1.807, 2.05) is 24.0 Å². The molecular formula is C20H30FN5O. The van der Waals surface area contributed by atoms with Crippen LogP contribution in [0.3, 0.4) is 0 Å². The van der Waals surface area contributed by atoms with Gasteiger partial charge in [0.25, 0.3) is 0 Å². The van der Waals surface area contributed by atoms with Gasteiger partial charge in [-0.3, -0.25) is 0 Å². The molecule has 6 nitrogen and oxygen atoms in total. The first-order chi connectivity index (χ1) is 13.2. The number of nitrogens with one attached hydrogen (secondary N) is 1. The van der Waals surface area contributed by atoms with Crippen molar-refractivity contribution in [3.8, 4) is 0 Å². The Labute approximate surface area is 160 Å². The van der Waals surface area contributed by atoms with Crippen LogP contribution < -0.4 is 10.2 Å². The Morgan fingerprint density at radius 2 is 2.15 bits per heavy atom. The molecule has 0 aromatic carbocycles. The predicted octanol–water partition coefficient (Wildman–Crippen LogP) is 3.00. The van der Waals surface area contributed by atoms with Gasteiger partial charge in [-0.2, -0.15) is 5.10 Å². The second-order valence-electron chi connectivity index (χ2n) is 8.22. The Kier molecular flexibility index (Phi) is 5.45. The first-order valence-corrected chi connectivity index (χ1v) is 10.4. The van der Waals surface area contributed by atoms with Gasteiger partial charge >= 0.3 is 6.03 Å². The summed E-state index contributed by atoms with van der Waals surface area (Å²) < 4.78 is 13.3.